The average Bonchev–Trinajstić information content (AvgIpc) is 2.96. The second-order valence-corrected chi connectivity index (χ2v) is 7.66. The smallest absolute Gasteiger partial charge is 0.290 e. The predicted molar refractivity (Wildman–Crippen MR) is 112 cm³/mol. The minimum Gasteiger partial charge on any atom is -0.503 e. The minimum atomic E-state index is -0.569. The Balaban J connectivity index is 1.80. The summed E-state index contributed by atoms with van der Waals surface area (Å²) in [6, 6.07) is 19.4. The van der Waals surface area contributed by atoms with Gasteiger partial charge in [-0.15, -0.1) is 0 Å². The van der Waals surface area contributed by atoms with Crippen molar-refractivity contribution in [2.75, 3.05) is 0 Å². The maximum absolute atomic E-state index is 13.5. The molecule has 0 unspecified atom stereocenters. The van der Waals surface area contributed by atoms with Crippen LogP contribution in [0.15, 0.2) is 78.6 Å². The molecule has 1 aliphatic heterocycles. The van der Waals surface area contributed by atoms with Gasteiger partial charge in [0.05, 0.1) is 6.04 Å². The fourth-order valence-electron chi connectivity index (χ4n) is 3.52. The molecule has 0 saturated carbocycles. The van der Waals surface area contributed by atoms with Crippen molar-refractivity contribution < 1.29 is 14.3 Å². The summed E-state index contributed by atoms with van der Waals surface area (Å²) < 4.78 is 13.5. The van der Waals surface area contributed by atoms with Crippen molar-refractivity contribution in [1.29, 1.82) is 0 Å². The fourth-order valence-corrected chi connectivity index (χ4v) is 3.77. The topological polar surface area (TPSA) is 40.5 Å². The van der Waals surface area contributed by atoms with E-state index in [0.717, 1.165) is 5.56 Å². The van der Waals surface area contributed by atoms with Crippen LogP contribution in [0.3, 0.4) is 0 Å². The van der Waals surface area contributed by atoms with E-state index in [4.69, 9.17) is 23.2 Å². The van der Waals surface area contributed by atoms with Crippen LogP contribution in [0.5, 0.6) is 0 Å². The summed E-state index contributed by atoms with van der Waals surface area (Å²) in [6.07, 6.45) is 0. The lowest BCUT2D eigenvalue weighted by atomic mass is 9.93. The molecule has 29 heavy (non-hydrogen) atoms. The summed E-state index contributed by atoms with van der Waals surface area (Å²) in [5.74, 6) is -1.18. The first kappa shape index (κ1) is 19.5. The van der Waals surface area contributed by atoms with Crippen molar-refractivity contribution in [2.24, 2.45) is 0 Å². The SMILES string of the molecule is O=C1C(O)=C(c2ccc(Cl)cc2)[C@@H](c2ccc(F)cc2)N1Cc1ccc(Cl)cc1. The number of amides is 1. The number of aliphatic hydroxyl groups excluding tert-OH is 1. The molecule has 1 amide bonds. The molecule has 3 aromatic carbocycles. The molecule has 0 radical (unpaired) electrons. The first-order valence-electron chi connectivity index (χ1n) is 8.94. The van der Waals surface area contributed by atoms with Crippen molar-refractivity contribution in [2.45, 2.75) is 12.6 Å². The van der Waals surface area contributed by atoms with E-state index >= 15 is 0 Å². The lowest BCUT2D eigenvalue weighted by Crippen LogP contribution is -2.29. The molecule has 0 bridgehead atoms. The van der Waals surface area contributed by atoms with Crippen LogP contribution in [-0.4, -0.2) is 15.9 Å². The number of rotatable bonds is 4. The molecular weight excluding hydrogens is 412 g/mol. The van der Waals surface area contributed by atoms with E-state index < -0.39 is 11.9 Å². The molecule has 1 heterocycles. The van der Waals surface area contributed by atoms with Crippen LogP contribution in [0.1, 0.15) is 22.7 Å². The molecule has 6 heteroatoms. The summed E-state index contributed by atoms with van der Waals surface area (Å²) in [5.41, 5.74) is 2.70. The van der Waals surface area contributed by atoms with Gasteiger partial charge in [-0.05, 0) is 53.1 Å². The molecule has 4 rings (SSSR count). The highest BCUT2D eigenvalue weighted by molar-refractivity contribution is 6.30. The van der Waals surface area contributed by atoms with Gasteiger partial charge < -0.3 is 10.0 Å². The highest BCUT2D eigenvalue weighted by Crippen LogP contribution is 2.44. The maximum Gasteiger partial charge on any atom is 0.290 e. The molecule has 1 atom stereocenters. The van der Waals surface area contributed by atoms with Gasteiger partial charge in [0.25, 0.3) is 5.91 Å². The number of hydrogen-bond donors (Lipinski definition) is 1. The summed E-state index contributed by atoms with van der Waals surface area (Å²) in [5, 5.41) is 11.9. The maximum atomic E-state index is 13.5. The van der Waals surface area contributed by atoms with Crippen molar-refractivity contribution >= 4 is 34.7 Å². The van der Waals surface area contributed by atoms with Gasteiger partial charge in [0.1, 0.15) is 5.82 Å². The van der Waals surface area contributed by atoms with Crippen LogP contribution in [0, 0.1) is 5.82 Å². The third-order valence-electron chi connectivity index (χ3n) is 4.91. The van der Waals surface area contributed by atoms with E-state index in [1.54, 1.807) is 53.4 Å². The van der Waals surface area contributed by atoms with Gasteiger partial charge in [0.15, 0.2) is 5.76 Å². The number of carbonyl (C=O) groups excluding carboxylic acids is 1. The Labute approximate surface area is 177 Å². The summed E-state index contributed by atoms with van der Waals surface area (Å²) in [4.78, 5) is 14.5. The molecule has 0 spiro atoms. The highest BCUT2D eigenvalue weighted by atomic mass is 35.5. The minimum absolute atomic E-state index is 0.263. The van der Waals surface area contributed by atoms with Crippen LogP contribution < -0.4 is 0 Å². The average molecular weight is 428 g/mol. The Morgan fingerprint density at radius 3 is 2.00 bits per heavy atom. The van der Waals surface area contributed by atoms with Gasteiger partial charge in [-0.3, -0.25) is 4.79 Å². The first-order valence-corrected chi connectivity index (χ1v) is 9.69. The van der Waals surface area contributed by atoms with E-state index in [-0.39, 0.29) is 18.1 Å². The highest BCUT2D eigenvalue weighted by Gasteiger charge is 2.40. The fraction of sp³-hybridized carbons (Fsp3) is 0.0870. The Hall–Kier alpha value is -2.82. The van der Waals surface area contributed by atoms with Gasteiger partial charge in [0, 0.05) is 22.2 Å². The molecule has 0 aromatic heterocycles. The number of benzene rings is 3. The van der Waals surface area contributed by atoms with Gasteiger partial charge >= 0.3 is 0 Å². The first-order chi connectivity index (χ1) is 13.9. The van der Waals surface area contributed by atoms with Crippen LogP contribution in [0.25, 0.3) is 5.57 Å². The van der Waals surface area contributed by atoms with Crippen molar-refractivity contribution in [3.05, 3.63) is 111 Å². The normalized spacial score (nSPS) is 16.6. The second kappa shape index (κ2) is 7.90. The zero-order valence-electron chi connectivity index (χ0n) is 15.1. The Morgan fingerprint density at radius 2 is 1.41 bits per heavy atom. The summed E-state index contributed by atoms with van der Waals surface area (Å²) in [6.45, 7) is 0.263. The van der Waals surface area contributed by atoms with E-state index in [2.05, 4.69) is 0 Å². The molecule has 3 aromatic rings. The third-order valence-corrected chi connectivity index (χ3v) is 5.41. The van der Waals surface area contributed by atoms with Crippen LogP contribution in [0.2, 0.25) is 10.0 Å². The molecule has 146 valence electrons. The molecule has 0 aliphatic carbocycles. The molecule has 3 nitrogen and oxygen atoms in total. The quantitative estimate of drug-likeness (QED) is 0.539. The Bertz CT molecular complexity index is 1080. The van der Waals surface area contributed by atoms with Gasteiger partial charge in [-0.1, -0.05) is 59.6 Å². The molecule has 1 aliphatic rings. The Kier molecular flexibility index (Phi) is 5.31. The van der Waals surface area contributed by atoms with Gasteiger partial charge in [-0.25, -0.2) is 4.39 Å². The van der Waals surface area contributed by atoms with E-state index in [9.17, 15) is 14.3 Å². The molecule has 1 N–H and O–H groups in total. The number of hydrogen-bond acceptors (Lipinski definition) is 2. The number of nitrogens with zero attached hydrogens (tertiary/aromatic N) is 1. The number of aliphatic hydroxyl groups is 1. The lowest BCUT2D eigenvalue weighted by molar-refractivity contribution is -0.130. The summed E-state index contributed by atoms with van der Waals surface area (Å²) >= 11 is 12.0. The molecule has 0 saturated heterocycles. The molecular formula is C23H16Cl2FNO2. The third kappa shape index (κ3) is 3.86. The second-order valence-electron chi connectivity index (χ2n) is 6.78. The van der Waals surface area contributed by atoms with Crippen molar-refractivity contribution in [3.63, 3.8) is 0 Å². The zero-order chi connectivity index (χ0) is 20.5. The Morgan fingerprint density at radius 1 is 0.862 bits per heavy atom. The van der Waals surface area contributed by atoms with Crippen molar-refractivity contribution in [3.8, 4) is 0 Å². The molecule has 0 fully saturated rings. The largest absolute Gasteiger partial charge is 0.503 e. The van der Waals surface area contributed by atoms with Crippen LogP contribution in [0.4, 0.5) is 4.39 Å². The number of carbonyl (C=O) groups is 1. The van der Waals surface area contributed by atoms with E-state index in [1.165, 1.54) is 12.1 Å². The van der Waals surface area contributed by atoms with E-state index in [1.807, 2.05) is 12.1 Å². The summed E-state index contributed by atoms with van der Waals surface area (Å²) in [7, 11) is 0. The number of halogens is 3. The van der Waals surface area contributed by atoms with Crippen LogP contribution >= 0.6 is 23.2 Å². The van der Waals surface area contributed by atoms with Gasteiger partial charge in [0.2, 0.25) is 0 Å². The van der Waals surface area contributed by atoms with Gasteiger partial charge in [-0.2, -0.15) is 0 Å². The monoisotopic (exact) mass is 427 g/mol. The lowest BCUT2D eigenvalue weighted by Gasteiger charge is -2.27. The van der Waals surface area contributed by atoms with E-state index in [0.29, 0.717) is 26.7 Å². The predicted octanol–water partition coefficient (Wildman–Crippen LogP) is 6.19. The van der Waals surface area contributed by atoms with Crippen LogP contribution in [-0.2, 0) is 11.3 Å². The zero-order valence-corrected chi connectivity index (χ0v) is 16.7. The van der Waals surface area contributed by atoms with Crippen molar-refractivity contribution in [1.82, 2.24) is 4.90 Å². The standard InChI is InChI=1S/C23H16Cl2FNO2/c24-17-7-1-14(2-8-17)13-27-21(16-5-11-19(26)12-6-16)20(22(28)23(27)29)15-3-9-18(25)10-4-15/h1-12,21,28H,13H2/t21-/m1/s1.